The van der Waals surface area contributed by atoms with Gasteiger partial charge in [-0.1, -0.05) is 13.8 Å². The summed E-state index contributed by atoms with van der Waals surface area (Å²) in [6.07, 6.45) is 2.09. The maximum absolute atomic E-state index is 12.4. The number of likely N-dealkylation sites (tertiary alicyclic amines) is 1. The number of carbonyl (C=O) groups excluding carboxylic acids is 2. The molecule has 0 spiro atoms. The molecule has 1 aliphatic heterocycles. The van der Waals surface area contributed by atoms with Crippen LogP contribution in [-0.4, -0.2) is 46.0 Å². The fourth-order valence-electron chi connectivity index (χ4n) is 2.69. The normalized spacial score (nSPS) is 16.3. The zero-order chi connectivity index (χ0) is 15.6. The number of hydrogen-bond donors (Lipinski definition) is 2. The first-order valence-corrected chi connectivity index (χ1v) is 7.56. The second kappa shape index (κ2) is 6.28. The van der Waals surface area contributed by atoms with Gasteiger partial charge in [-0.2, -0.15) is 5.10 Å². The van der Waals surface area contributed by atoms with Gasteiger partial charge in [0.2, 0.25) is 5.91 Å². The maximum atomic E-state index is 12.4. The largest absolute Gasteiger partial charge is 0.341 e. The molecule has 0 aliphatic carbocycles. The third kappa shape index (κ3) is 3.25. The molecule has 1 atom stereocenters. The summed E-state index contributed by atoms with van der Waals surface area (Å²) in [6.45, 7) is 9.13. The fraction of sp³-hybridized carbons (Fsp3) is 0.667. The van der Waals surface area contributed by atoms with E-state index in [1.165, 1.54) is 0 Å². The van der Waals surface area contributed by atoms with Crippen molar-refractivity contribution in [2.75, 3.05) is 13.1 Å². The Balaban J connectivity index is 2.07. The minimum Gasteiger partial charge on any atom is -0.341 e. The molecule has 2 N–H and O–H groups in total. The molecule has 1 saturated heterocycles. The summed E-state index contributed by atoms with van der Waals surface area (Å²) < 4.78 is 0. The molecule has 1 fully saturated rings. The molecule has 0 saturated carbocycles. The monoisotopic (exact) mass is 292 g/mol. The predicted molar refractivity (Wildman–Crippen MR) is 80.2 cm³/mol. The zero-order valence-corrected chi connectivity index (χ0v) is 13.2. The van der Waals surface area contributed by atoms with E-state index in [0.717, 1.165) is 37.3 Å². The summed E-state index contributed by atoms with van der Waals surface area (Å²) in [6, 6.07) is -0.509. The Morgan fingerprint density at radius 3 is 2.43 bits per heavy atom. The molecule has 2 rings (SSSR count). The van der Waals surface area contributed by atoms with E-state index < -0.39 is 6.04 Å². The molecule has 6 nitrogen and oxygen atoms in total. The number of rotatable bonds is 4. The number of nitrogens with one attached hydrogen (secondary N) is 2. The molecule has 1 aromatic heterocycles. The van der Waals surface area contributed by atoms with E-state index in [2.05, 4.69) is 15.5 Å². The van der Waals surface area contributed by atoms with Gasteiger partial charge in [0.25, 0.3) is 5.91 Å². The van der Waals surface area contributed by atoms with Crippen LogP contribution in [0.2, 0.25) is 0 Å². The minimum absolute atomic E-state index is 0.00639. The summed E-state index contributed by atoms with van der Waals surface area (Å²) in [4.78, 5) is 26.5. The lowest BCUT2D eigenvalue weighted by Crippen LogP contribution is -2.46. The van der Waals surface area contributed by atoms with Crippen LogP contribution in [0.15, 0.2) is 0 Å². The van der Waals surface area contributed by atoms with Crippen molar-refractivity contribution in [2.24, 2.45) is 0 Å². The van der Waals surface area contributed by atoms with Crippen LogP contribution in [-0.2, 0) is 4.79 Å². The highest BCUT2D eigenvalue weighted by molar-refractivity contribution is 5.99. The van der Waals surface area contributed by atoms with Crippen LogP contribution in [0, 0.1) is 6.92 Å². The van der Waals surface area contributed by atoms with Crippen LogP contribution in [0.25, 0.3) is 0 Å². The maximum Gasteiger partial charge on any atom is 0.255 e. The molecule has 2 amide bonds. The van der Waals surface area contributed by atoms with Crippen LogP contribution in [0.5, 0.6) is 0 Å². The number of aromatic nitrogens is 2. The second-order valence-corrected chi connectivity index (χ2v) is 5.99. The van der Waals surface area contributed by atoms with Crippen LogP contribution in [0.3, 0.4) is 0 Å². The summed E-state index contributed by atoms with van der Waals surface area (Å²) >= 11 is 0. The standard InChI is InChI=1S/C15H24N4O2/c1-9(2)13-12(10(3)17-18-13)14(20)16-11(4)15(21)19-7-5-6-8-19/h9,11H,5-8H2,1-4H3,(H,16,20)(H,17,18)/t11-/m0/s1. The fourth-order valence-corrected chi connectivity index (χ4v) is 2.69. The van der Waals surface area contributed by atoms with E-state index in [1.807, 2.05) is 25.7 Å². The highest BCUT2D eigenvalue weighted by Gasteiger charge is 2.27. The topological polar surface area (TPSA) is 78.1 Å². The smallest absolute Gasteiger partial charge is 0.255 e. The predicted octanol–water partition coefficient (Wildman–Crippen LogP) is 1.58. The lowest BCUT2D eigenvalue weighted by molar-refractivity contribution is -0.131. The Kier molecular flexibility index (Phi) is 4.65. The van der Waals surface area contributed by atoms with Gasteiger partial charge >= 0.3 is 0 Å². The molecule has 0 bridgehead atoms. The van der Waals surface area contributed by atoms with E-state index in [9.17, 15) is 9.59 Å². The third-order valence-corrected chi connectivity index (χ3v) is 3.88. The van der Waals surface area contributed by atoms with Gasteiger partial charge in [0.05, 0.1) is 11.3 Å². The SMILES string of the molecule is Cc1[nH]nc(C(C)C)c1C(=O)N[C@@H](C)C(=O)N1CCCC1. The van der Waals surface area contributed by atoms with E-state index in [-0.39, 0.29) is 17.7 Å². The van der Waals surface area contributed by atoms with Crippen molar-refractivity contribution in [3.8, 4) is 0 Å². The van der Waals surface area contributed by atoms with Crippen molar-refractivity contribution in [3.63, 3.8) is 0 Å². The molecule has 0 aromatic carbocycles. The lowest BCUT2D eigenvalue weighted by atomic mass is 10.0. The first kappa shape index (κ1) is 15.5. The number of nitrogens with zero attached hydrogens (tertiary/aromatic N) is 2. The van der Waals surface area contributed by atoms with Gasteiger partial charge in [-0.25, -0.2) is 0 Å². The quantitative estimate of drug-likeness (QED) is 0.884. The number of amides is 2. The average Bonchev–Trinajstić information content (AvgIpc) is 3.06. The molecule has 116 valence electrons. The van der Waals surface area contributed by atoms with Gasteiger partial charge in [0.1, 0.15) is 6.04 Å². The van der Waals surface area contributed by atoms with Crippen molar-refractivity contribution in [3.05, 3.63) is 17.0 Å². The number of aromatic amines is 1. The molecule has 1 aromatic rings. The van der Waals surface area contributed by atoms with Crippen molar-refractivity contribution in [1.29, 1.82) is 0 Å². The summed E-state index contributed by atoms with van der Waals surface area (Å²) in [5.41, 5.74) is 2.04. The van der Waals surface area contributed by atoms with Crippen LogP contribution < -0.4 is 5.32 Å². The van der Waals surface area contributed by atoms with Crippen LogP contribution >= 0.6 is 0 Å². The van der Waals surface area contributed by atoms with E-state index in [1.54, 1.807) is 6.92 Å². The highest BCUT2D eigenvalue weighted by Crippen LogP contribution is 2.19. The van der Waals surface area contributed by atoms with Crippen molar-refractivity contribution in [1.82, 2.24) is 20.4 Å². The van der Waals surface area contributed by atoms with Crippen LogP contribution in [0.1, 0.15) is 61.3 Å². The van der Waals surface area contributed by atoms with Gasteiger partial charge in [0.15, 0.2) is 0 Å². The first-order chi connectivity index (χ1) is 9.91. The van der Waals surface area contributed by atoms with Gasteiger partial charge in [-0.05, 0) is 32.6 Å². The zero-order valence-electron chi connectivity index (χ0n) is 13.2. The average molecular weight is 292 g/mol. The molecule has 0 unspecified atom stereocenters. The Hall–Kier alpha value is -1.85. The Morgan fingerprint density at radius 1 is 1.24 bits per heavy atom. The van der Waals surface area contributed by atoms with Crippen molar-refractivity contribution < 1.29 is 9.59 Å². The number of hydrogen-bond acceptors (Lipinski definition) is 3. The summed E-state index contributed by atoms with van der Waals surface area (Å²) in [5, 5.41) is 9.84. The summed E-state index contributed by atoms with van der Waals surface area (Å²) in [7, 11) is 0. The van der Waals surface area contributed by atoms with Crippen LogP contribution in [0.4, 0.5) is 0 Å². The lowest BCUT2D eigenvalue weighted by Gasteiger charge is -2.21. The summed E-state index contributed by atoms with van der Waals surface area (Å²) in [5.74, 6) is -0.0848. The Labute approximate surface area is 125 Å². The molecule has 1 aliphatic rings. The number of carbonyl (C=O) groups is 2. The Morgan fingerprint density at radius 2 is 1.86 bits per heavy atom. The Bertz CT molecular complexity index is 530. The molecule has 21 heavy (non-hydrogen) atoms. The third-order valence-electron chi connectivity index (χ3n) is 3.88. The first-order valence-electron chi connectivity index (χ1n) is 7.56. The van der Waals surface area contributed by atoms with Gasteiger partial charge < -0.3 is 10.2 Å². The highest BCUT2D eigenvalue weighted by atomic mass is 16.2. The van der Waals surface area contributed by atoms with Gasteiger partial charge in [-0.3, -0.25) is 14.7 Å². The van der Waals surface area contributed by atoms with Crippen molar-refractivity contribution >= 4 is 11.8 Å². The number of aryl methyl sites for hydroxylation is 1. The van der Waals surface area contributed by atoms with Gasteiger partial charge in [-0.15, -0.1) is 0 Å². The second-order valence-electron chi connectivity index (χ2n) is 5.99. The number of H-pyrrole nitrogens is 1. The molecule has 2 heterocycles. The molecular weight excluding hydrogens is 268 g/mol. The minimum atomic E-state index is -0.509. The molecular formula is C15H24N4O2. The van der Waals surface area contributed by atoms with E-state index in [4.69, 9.17) is 0 Å². The molecule has 6 heteroatoms. The van der Waals surface area contributed by atoms with Gasteiger partial charge in [0, 0.05) is 18.8 Å². The van der Waals surface area contributed by atoms with Crippen molar-refractivity contribution in [2.45, 2.75) is 52.5 Å². The van der Waals surface area contributed by atoms with E-state index in [0.29, 0.717) is 5.56 Å². The molecule has 0 radical (unpaired) electrons. The van der Waals surface area contributed by atoms with E-state index >= 15 is 0 Å².